The number of allylic oxidation sites excluding steroid dienone is 1. The summed E-state index contributed by atoms with van der Waals surface area (Å²) >= 11 is 0. The van der Waals surface area contributed by atoms with E-state index in [1.54, 1.807) is 0 Å². The average Bonchev–Trinajstić information content (AvgIpc) is 3.22. The van der Waals surface area contributed by atoms with Crippen molar-refractivity contribution in [3.63, 3.8) is 0 Å². The molecule has 42 heavy (non-hydrogen) atoms. The van der Waals surface area contributed by atoms with Crippen molar-refractivity contribution in [3.8, 4) is 11.5 Å². The SMILES string of the molecule is COC(=O)N1C(=O)[C@@H]2[C@@H](CC(COc3ccccc3)=C3[C@@H](CC/C(C)=C/c4cc(C)c(O)c(C)c4)OB(O)C[C@@H]32)C1=O. The molecule has 2 saturated heterocycles. The van der Waals surface area contributed by atoms with E-state index >= 15 is 0 Å². The van der Waals surface area contributed by atoms with Crippen molar-refractivity contribution in [2.24, 2.45) is 17.8 Å². The predicted molar refractivity (Wildman–Crippen MR) is 156 cm³/mol. The van der Waals surface area contributed by atoms with Crippen molar-refractivity contribution < 1.29 is 38.6 Å². The monoisotopic (exact) mass is 573 g/mol. The minimum Gasteiger partial charge on any atom is -0.507 e. The van der Waals surface area contributed by atoms with E-state index in [9.17, 15) is 24.5 Å². The maximum absolute atomic E-state index is 13.5. The fourth-order valence-corrected chi connectivity index (χ4v) is 6.64. The van der Waals surface area contributed by atoms with E-state index in [2.05, 4.69) is 6.08 Å². The van der Waals surface area contributed by atoms with Crippen molar-refractivity contribution >= 4 is 31.1 Å². The molecule has 3 amide bonds. The number of aryl methyl sites for hydroxylation is 2. The van der Waals surface area contributed by atoms with Crippen molar-refractivity contribution in [3.05, 3.63) is 75.9 Å². The molecule has 0 radical (unpaired) electrons. The number of para-hydroxylation sites is 1. The van der Waals surface area contributed by atoms with Crippen molar-refractivity contribution in [2.75, 3.05) is 13.7 Å². The van der Waals surface area contributed by atoms with Gasteiger partial charge < -0.3 is 24.3 Å². The van der Waals surface area contributed by atoms with Crippen LogP contribution in [0.15, 0.2) is 59.2 Å². The van der Waals surface area contributed by atoms with Crippen LogP contribution in [0.25, 0.3) is 6.08 Å². The zero-order valence-corrected chi connectivity index (χ0v) is 24.3. The number of amides is 3. The molecule has 0 aromatic heterocycles. The molecule has 5 rings (SSSR count). The molecule has 9 nitrogen and oxygen atoms in total. The molecule has 2 heterocycles. The fourth-order valence-electron chi connectivity index (χ4n) is 6.64. The Morgan fingerprint density at radius 2 is 1.81 bits per heavy atom. The number of fused-ring (bicyclic) bond motifs is 3. The number of aromatic hydroxyl groups is 1. The summed E-state index contributed by atoms with van der Waals surface area (Å²) in [4.78, 5) is 39.7. The molecule has 2 fully saturated rings. The van der Waals surface area contributed by atoms with Gasteiger partial charge in [0.15, 0.2) is 0 Å². The lowest BCUT2D eigenvalue weighted by Gasteiger charge is -2.43. The number of carbonyl (C=O) groups is 3. The van der Waals surface area contributed by atoms with Crippen LogP contribution in [-0.4, -0.2) is 59.9 Å². The third kappa shape index (κ3) is 5.74. The summed E-state index contributed by atoms with van der Waals surface area (Å²) in [5.41, 5.74) is 5.39. The highest BCUT2D eigenvalue weighted by atomic mass is 16.5. The highest BCUT2D eigenvalue weighted by Gasteiger charge is 2.59. The van der Waals surface area contributed by atoms with Crippen LogP contribution in [0.4, 0.5) is 4.79 Å². The van der Waals surface area contributed by atoms with Crippen LogP contribution < -0.4 is 4.74 Å². The van der Waals surface area contributed by atoms with Gasteiger partial charge >= 0.3 is 13.2 Å². The highest BCUT2D eigenvalue weighted by Crippen LogP contribution is 2.50. The molecule has 10 heteroatoms. The van der Waals surface area contributed by atoms with E-state index in [1.165, 1.54) is 0 Å². The number of phenols is 1. The number of ether oxygens (including phenoxy) is 2. The van der Waals surface area contributed by atoms with E-state index < -0.39 is 48.9 Å². The van der Waals surface area contributed by atoms with Crippen molar-refractivity contribution in [1.29, 1.82) is 0 Å². The van der Waals surface area contributed by atoms with Crippen LogP contribution in [0.2, 0.25) is 6.32 Å². The first-order valence-corrected chi connectivity index (χ1v) is 14.2. The minimum atomic E-state index is -1.12. The fraction of sp³-hybridized carbons (Fsp3) is 0.406. The van der Waals surface area contributed by atoms with Gasteiger partial charge in [0.25, 0.3) is 0 Å². The van der Waals surface area contributed by atoms with Gasteiger partial charge in [0.1, 0.15) is 18.1 Å². The van der Waals surface area contributed by atoms with Gasteiger partial charge in [-0.2, -0.15) is 4.90 Å². The van der Waals surface area contributed by atoms with Gasteiger partial charge in [-0.05, 0) is 104 Å². The molecule has 4 atom stereocenters. The number of methoxy groups -OCH3 is 1. The quantitative estimate of drug-likeness (QED) is 0.274. The number of hydrogen-bond acceptors (Lipinski definition) is 8. The predicted octanol–water partition coefficient (Wildman–Crippen LogP) is 4.83. The number of phenolic OH excluding ortho intramolecular Hbond substituents is 1. The molecule has 3 aliphatic rings. The molecule has 0 bridgehead atoms. The summed E-state index contributed by atoms with van der Waals surface area (Å²) < 4.78 is 16.9. The summed E-state index contributed by atoms with van der Waals surface area (Å²) in [7, 11) is 0.0130. The average molecular weight is 573 g/mol. The Morgan fingerprint density at radius 1 is 1.12 bits per heavy atom. The van der Waals surface area contributed by atoms with Crippen molar-refractivity contribution in [2.45, 2.75) is 52.5 Å². The van der Waals surface area contributed by atoms with E-state index in [4.69, 9.17) is 14.1 Å². The topological polar surface area (TPSA) is 123 Å². The molecule has 220 valence electrons. The largest absolute Gasteiger partial charge is 0.507 e. The molecule has 1 aliphatic carbocycles. The molecule has 0 unspecified atom stereocenters. The van der Waals surface area contributed by atoms with Crippen LogP contribution in [0, 0.1) is 31.6 Å². The van der Waals surface area contributed by atoms with Gasteiger partial charge in [0.05, 0.1) is 25.0 Å². The Balaban J connectivity index is 1.45. The van der Waals surface area contributed by atoms with E-state index in [1.807, 2.05) is 63.2 Å². The van der Waals surface area contributed by atoms with Gasteiger partial charge in [-0.15, -0.1) is 0 Å². The molecular weight excluding hydrogens is 537 g/mol. The Hall–Kier alpha value is -3.89. The van der Waals surface area contributed by atoms with E-state index in [0.717, 1.165) is 40.5 Å². The van der Waals surface area contributed by atoms with Crippen LogP contribution in [-0.2, 0) is 19.0 Å². The summed E-state index contributed by atoms with van der Waals surface area (Å²) in [5.74, 6) is -2.22. The highest BCUT2D eigenvalue weighted by molar-refractivity contribution is 6.43. The normalized spacial score (nSPS) is 24.1. The number of nitrogens with zero attached hydrogens (tertiary/aromatic N) is 1. The zero-order chi connectivity index (χ0) is 30.1. The second-order valence-corrected chi connectivity index (χ2v) is 11.4. The van der Waals surface area contributed by atoms with Crippen molar-refractivity contribution in [1.82, 2.24) is 4.90 Å². The first-order valence-electron chi connectivity index (χ1n) is 14.2. The van der Waals surface area contributed by atoms with Crippen LogP contribution in [0.1, 0.15) is 42.9 Å². The number of likely N-dealkylation sites (tertiary alicyclic amines) is 1. The zero-order valence-electron chi connectivity index (χ0n) is 24.3. The lowest BCUT2D eigenvalue weighted by molar-refractivity contribution is -0.137. The molecule has 0 spiro atoms. The van der Waals surface area contributed by atoms with Crippen LogP contribution >= 0.6 is 0 Å². The Morgan fingerprint density at radius 3 is 2.48 bits per heavy atom. The second-order valence-electron chi connectivity index (χ2n) is 11.4. The Bertz CT molecular complexity index is 1430. The summed E-state index contributed by atoms with van der Waals surface area (Å²) in [6, 6.07) is 13.2. The number of imide groups is 3. The minimum absolute atomic E-state index is 0.136. The van der Waals surface area contributed by atoms with Gasteiger partial charge in [-0.1, -0.05) is 29.8 Å². The lowest BCUT2D eigenvalue weighted by atomic mass is 9.58. The van der Waals surface area contributed by atoms with E-state index in [0.29, 0.717) is 29.2 Å². The third-order valence-corrected chi connectivity index (χ3v) is 8.55. The summed E-state index contributed by atoms with van der Waals surface area (Å²) in [6.45, 7) is 5.94. The van der Waals surface area contributed by atoms with Gasteiger partial charge in [-0.3, -0.25) is 9.59 Å². The van der Waals surface area contributed by atoms with Gasteiger partial charge in [-0.25, -0.2) is 4.79 Å². The molecule has 2 aromatic rings. The van der Waals surface area contributed by atoms with E-state index in [-0.39, 0.29) is 19.3 Å². The lowest BCUT2D eigenvalue weighted by Crippen LogP contribution is -2.46. The maximum atomic E-state index is 13.5. The molecular formula is C32H36BNO8. The first-order chi connectivity index (χ1) is 20.1. The molecule has 2 aromatic carbocycles. The Kier molecular flexibility index (Phi) is 8.57. The number of rotatable bonds is 7. The molecule has 2 N–H and O–H groups in total. The maximum Gasteiger partial charge on any atom is 0.455 e. The number of carbonyl (C=O) groups excluding carboxylic acids is 3. The molecule has 0 saturated carbocycles. The molecule has 2 aliphatic heterocycles. The van der Waals surface area contributed by atoms with Gasteiger partial charge in [0, 0.05) is 0 Å². The number of benzene rings is 2. The second kappa shape index (κ2) is 12.2. The first kappa shape index (κ1) is 29.6. The summed E-state index contributed by atoms with van der Waals surface area (Å²) in [6.07, 6.45) is 2.14. The standard InChI is InChI=1S/C32H36BNO8/c1-18(12-21-13-19(2)29(35)20(3)14-21)10-11-26-27-22(17-41-23-8-6-5-7-9-23)15-24-28(25(27)16-33(39)42-26)31(37)34(30(24)36)32(38)40-4/h5-9,12-14,24-26,28,35,39H,10-11,15-17H2,1-4H3/b18-12+/t24-,25+,26-,28-/m1/s1. The third-order valence-electron chi connectivity index (χ3n) is 8.55. The van der Waals surface area contributed by atoms with Gasteiger partial charge in [0.2, 0.25) is 11.8 Å². The van der Waals surface area contributed by atoms with Crippen LogP contribution in [0.5, 0.6) is 11.5 Å². The number of hydrogen-bond donors (Lipinski definition) is 2. The van der Waals surface area contributed by atoms with Crippen LogP contribution in [0.3, 0.4) is 0 Å². The Labute approximate surface area is 245 Å². The summed E-state index contributed by atoms with van der Waals surface area (Å²) in [5, 5.41) is 20.9. The smallest absolute Gasteiger partial charge is 0.455 e.